The van der Waals surface area contributed by atoms with Crippen molar-refractivity contribution in [2.45, 2.75) is 39.5 Å². The summed E-state index contributed by atoms with van der Waals surface area (Å²) in [5.41, 5.74) is 0. The summed E-state index contributed by atoms with van der Waals surface area (Å²) in [4.78, 5) is 0. The van der Waals surface area contributed by atoms with E-state index in [1.807, 2.05) is 6.92 Å². The fourth-order valence-electron chi connectivity index (χ4n) is 2.61. The number of furan rings is 1. The summed E-state index contributed by atoms with van der Waals surface area (Å²) >= 11 is 0. The predicted octanol–water partition coefficient (Wildman–Crippen LogP) is 3.74. The molecule has 1 aliphatic carbocycles. The van der Waals surface area contributed by atoms with Crippen molar-refractivity contribution in [3.63, 3.8) is 0 Å². The molecule has 0 amide bonds. The SMILES string of the molecule is Cc1ccc(C2CC(C)CC2C)o1. The number of hydrogen-bond acceptors (Lipinski definition) is 1. The molecule has 1 nitrogen and oxygen atoms in total. The van der Waals surface area contributed by atoms with E-state index in [0.717, 1.165) is 17.6 Å². The largest absolute Gasteiger partial charge is 0.466 e. The second kappa shape index (κ2) is 3.21. The van der Waals surface area contributed by atoms with Crippen molar-refractivity contribution in [3.05, 3.63) is 23.7 Å². The first kappa shape index (κ1) is 8.86. The molecule has 0 radical (unpaired) electrons. The van der Waals surface area contributed by atoms with E-state index in [9.17, 15) is 0 Å². The Morgan fingerprint density at radius 3 is 2.46 bits per heavy atom. The van der Waals surface area contributed by atoms with Crippen molar-refractivity contribution in [2.24, 2.45) is 11.8 Å². The molecule has 1 aromatic rings. The molecule has 0 aromatic carbocycles. The molecule has 0 bridgehead atoms. The van der Waals surface area contributed by atoms with Crippen LogP contribution < -0.4 is 0 Å². The van der Waals surface area contributed by atoms with Crippen LogP contribution in [0.15, 0.2) is 16.5 Å². The van der Waals surface area contributed by atoms with E-state index in [0.29, 0.717) is 5.92 Å². The highest BCUT2D eigenvalue weighted by Gasteiger charge is 2.31. The van der Waals surface area contributed by atoms with Gasteiger partial charge in [-0.3, -0.25) is 0 Å². The van der Waals surface area contributed by atoms with Gasteiger partial charge in [-0.05, 0) is 43.7 Å². The second-order valence-electron chi connectivity index (χ2n) is 4.61. The van der Waals surface area contributed by atoms with Gasteiger partial charge in [0.2, 0.25) is 0 Å². The molecule has 1 aliphatic rings. The van der Waals surface area contributed by atoms with Crippen LogP contribution in [0.2, 0.25) is 0 Å². The van der Waals surface area contributed by atoms with E-state index in [1.165, 1.54) is 18.6 Å². The van der Waals surface area contributed by atoms with Gasteiger partial charge >= 0.3 is 0 Å². The van der Waals surface area contributed by atoms with Crippen molar-refractivity contribution in [2.75, 3.05) is 0 Å². The highest BCUT2D eigenvalue weighted by atomic mass is 16.3. The Morgan fingerprint density at radius 1 is 1.23 bits per heavy atom. The molecule has 0 saturated heterocycles. The Bertz CT molecular complexity index is 287. The van der Waals surface area contributed by atoms with Crippen molar-refractivity contribution >= 4 is 0 Å². The smallest absolute Gasteiger partial charge is 0.107 e. The average molecular weight is 178 g/mol. The summed E-state index contributed by atoms with van der Waals surface area (Å²) in [5, 5.41) is 0. The van der Waals surface area contributed by atoms with Gasteiger partial charge in [0.05, 0.1) is 0 Å². The Labute approximate surface area is 80.1 Å². The van der Waals surface area contributed by atoms with Crippen LogP contribution in [0, 0.1) is 18.8 Å². The first-order valence-electron chi connectivity index (χ1n) is 5.23. The van der Waals surface area contributed by atoms with E-state index < -0.39 is 0 Å². The molecule has 0 N–H and O–H groups in total. The van der Waals surface area contributed by atoms with Gasteiger partial charge in [-0.25, -0.2) is 0 Å². The van der Waals surface area contributed by atoms with Crippen molar-refractivity contribution in [1.82, 2.24) is 0 Å². The Morgan fingerprint density at radius 2 is 2.00 bits per heavy atom. The molecule has 1 saturated carbocycles. The summed E-state index contributed by atoms with van der Waals surface area (Å²) in [6, 6.07) is 4.22. The average Bonchev–Trinajstić information content (AvgIpc) is 2.58. The summed E-state index contributed by atoms with van der Waals surface area (Å²) in [5.74, 6) is 4.57. The molecule has 1 aromatic heterocycles. The van der Waals surface area contributed by atoms with Gasteiger partial charge in [0.25, 0.3) is 0 Å². The third kappa shape index (κ3) is 1.65. The summed E-state index contributed by atoms with van der Waals surface area (Å²) in [6.07, 6.45) is 2.65. The lowest BCUT2D eigenvalue weighted by atomic mass is 9.96. The molecule has 3 unspecified atom stereocenters. The molecule has 1 fully saturated rings. The van der Waals surface area contributed by atoms with Gasteiger partial charge in [0.1, 0.15) is 11.5 Å². The van der Waals surface area contributed by atoms with Crippen LogP contribution >= 0.6 is 0 Å². The van der Waals surface area contributed by atoms with Crippen LogP contribution in [0.3, 0.4) is 0 Å². The van der Waals surface area contributed by atoms with Crippen molar-refractivity contribution in [1.29, 1.82) is 0 Å². The molecule has 2 rings (SSSR count). The van der Waals surface area contributed by atoms with Crippen LogP contribution in [0.25, 0.3) is 0 Å². The minimum atomic E-state index is 0.670. The molecule has 3 atom stereocenters. The third-order valence-electron chi connectivity index (χ3n) is 3.24. The number of rotatable bonds is 1. The summed E-state index contributed by atoms with van der Waals surface area (Å²) in [6.45, 7) is 6.70. The van der Waals surface area contributed by atoms with Gasteiger partial charge in [0, 0.05) is 5.92 Å². The van der Waals surface area contributed by atoms with Gasteiger partial charge in [-0.15, -0.1) is 0 Å². The molecule has 1 heterocycles. The highest BCUT2D eigenvalue weighted by Crippen LogP contribution is 2.42. The lowest BCUT2D eigenvalue weighted by Crippen LogP contribution is -1.99. The molecular weight excluding hydrogens is 160 g/mol. The first-order chi connectivity index (χ1) is 6.16. The highest BCUT2D eigenvalue weighted by molar-refractivity contribution is 5.13. The Hall–Kier alpha value is -0.720. The monoisotopic (exact) mass is 178 g/mol. The lowest BCUT2D eigenvalue weighted by molar-refractivity contribution is 0.402. The van der Waals surface area contributed by atoms with Gasteiger partial charge in [0.15, 0.2) is 0 Å². The summed E-state index contributed by atoms with van der Waals surface area (Å²) in [7, 11) is 0. The zero-order chi connectivity index (χ0) is 9.42. The predicted molar refractivity (Wildman–Crippen MR) is 53.7 cm³/mol. The van der Waals surface area contributed by atoms with Crippen molar-refractivity contribution < 1.29 is 4.42 Å². The maximum atomic E-state index is 5.69. The second-order valence-corrected chi connectivity index (χ2v) is 4.61. The molecule has 0 aliphatic heterocycles. The minimum Gasteiger partial charge on any atom is -0.466 e. The van der Waals surface area contributed by atoms with Crippen LogP contribution in [0.5, 0.6) is 0 Å². The van der Waals surface area contributed by atoms with Gasteiger partial charge < -0.3 is 4.42 Å². The zero-order valence-corrected chi connectivity index (χ0v) is 8.71. The minimum absolute atomic E-state index is 0.670. The van der Waals surface area contributed by atoms with Crippen LogP contribution in [-0.4, -0.2) is 0 Å². The Kier molecular flexibility index (Phi) is 2.19. The van der Waals surface area contributed by atoms with E-state index in [2.05, 4.69) is 26.0 Å². The van der Waals surface area contributed by atoms with E-state index in [4.69, 9.17) is 4.42 Å². The van der Waals surface area contributed by atoms with E-state index in [-0.39, 0.29) is 0 Å². The molecule has 0 spiro atoms. The normalized spacial score (nSPS) is 33.9. The fraction of sp³-hybridized carbons (Fsp3) is 0.667. The van der Waals surface area contributed by atoms with Gasteiger partial charge in [-0.2, -0.15) is 0 Å². The van der Waals surface area contributed by atoms with E-state index >= 15 is 0 Å². The standard InChI is InChI=1S/C12H18O/c1-8-6-9(2)11(7-8)12-5-4-10(3)13-12/h4-5,8-9,11H,6-7H2,1-3H3. The number of aryl methyl sites for hydroxylation is 1. The maximum absolute atomic E-state index is 5.69. The van der Waals surface area contributed by atoms with Crippen LogP contribution in [0.4, 0.5) is 0 Å². The third-order valence-corrected chi connectivity index (χ3v) is 3.24. The zero-order valence-electron chi connectivity index (χ0n) is 8.71. The Balaban J connectivity index is 2.17. The quantitative estimate of drug-likeness (QED) is 0.638. The molecule has 1 heteroatoms. The van der Waals surface area contributed by atoms with Crippen LogP contribution in [-0.2, 0) is 0 Å². The summed E-state index contributed by atoms with van der Waals surface area (Å²) < 4.78 is 5.69. The number of hydrogen-bond donors (Lipinski definition) is 0. The van der Waals surface area contributed by atoms with E-state index in [1.54, 1.807) is 0 Å². The molecular formula is C12H18O. The fourth-order valence-corrected chi connectivity index (χ4v) is 2.61. The lowest BCUT2D eigenvalue weighted by Gasteiger charge is -2.11. The molecule has 72 valence electrons. The van der Waals surface area contributed by atoms with Crippen molar-refractivity contribution in [3.8, 4) is 0 Å². The van der Waals surface area contributed by atoms with Crippen LogP contribution in [0.1, 0.15) is 44.1 Å². The first-order valence-corrected chi connectivity index (χ1v) is 5.23. The van der Waals surface area contributed by atoms with Gasteiger partial charge in [-0.1, -0.05) is 13.8 Å². The topological polar surface area (TPSA) is 13.1 Å². The maximum Gasteiger partial charge on any atom is 0.107 e. The molecule has 13 heavy (non-hydrogen) atoms.